The van der Waals surface area contributed by atoms with Crippen molar-refractivity contribution in [2.75, 3.05) is 23.7 Å². The zero-order valence-electron chi connectivity index (χ0n) is 20.9. The third-order valence-electron chi connectivity index (χ3n) is 6.66. The summed E-state index contributed by atoms with van der Waals surface area (Å²) in [4.78, 5) is 32.8. The average molecular weight is 523 g/mol. The van der Waals surface area contributed by atoms with E-state index in [4.69, 9.17) is 21.9 Å². The second kappa shape index (κ2) is 9.16. The number of rotatable bonds is 6. The molecule has 0 aromatic carbocycles. The lowest BCUT2D eigenvalue weighted by molar-refractivity contribution is 0.102. The predicted molar refractivity (Wildman–Crippen MR) is 152 cm³/mol. The molecule has 190 valence electrons. The van der Waals surface area contributed by atoms with Crippen molar-refractivity contribution in [3.05, 3.63) is 76.6 Å². The summed E-state index contributed by atoms with van der Waals surface area (Å²) in [5.41, 5.74) is 18.1. The quantitative estimate of drug-likeness (QED) is 0.190. The molecule has 1 aliphatic heterocycles. The number of hydrogen-bond acceptors (Lipinski definition) is 9. The van der Waals surface area contributed by atoms with E-state index in [1.807, 2.05) is 49.4 Å². The van der Waals surface area contributed by atoms with Crippen LogP contribution in [0.15, 0.2) is 54.9 Å². The number of carbonyl (C=O) groups excluding carboxylic acids is 1. The summed E-state index contributed by atoms with van der Waals surface area (Å²) in [7, 11) is 0. The minimum atomic E-state index is 0.0256. The molecule has 0 amide bonds. The number of H-pyrrole nitrogens is 1. The molecular weight excluding hydrogens is 496 g/mol. The molecule has 6 N–H and O–H groups in total. The van der Waals surface area contributed by atoms with E-state index in [9.17, 15) is 4.79 Å². The van der Waals surface area contributed by atoms with E-state index in [1.54, 1.807) is 19.3 Å². The van der Waals surface area contributed by atoms with E-state index in [-0.39, 0.29) is 17.5 Å². The third-order valence-corrected chi connectivity index (χ3v) is 7.85. The van der Waals surface area contributed by atoms with Crippen molar-refractivity contribution in [1.29, 1.82) is 5.41 Å². The molecule has 9 nitrogen and oxygen atoms in total. The fourth-order valence-electron chi connectivity index (χ4n) is 4.65. The molecule has 1 fully saturated rings. The molecule has 0 radical (unpaired) electrons. The number of Topliss-reactive ketones (excluding diaryl/α,β-unsaturated/α-hetero) is 1. The molecule has 5 aromatic rings. The third kappa shape index (κ3) is 4.23. The number of aromatic nitrogens is 4. The second-order valence-electron chi connectivity index (χ2n) is 9.61. The Morgan fingerprint density at radius 3 is 2.68 bits per heavy atom. The maximum atomic E-state index is 11.8. The summed E-state index contributed by atoms with van der Waals surface area (Å²) in [5, 5.41) is 9.88. The summed E-state index contributed by atoms with van der Waals surface area (Å²) >= 11 is 1.41. The largest absolute Gasteiger partial charge is 0.397 e. The van der Waals surface area contributed by atoms with Crippen LogP contribution in [-0.4, -0.2) is 50.6 Å². The van der Waals surface area contributed by atoms with Crippen molar-refractivity contribution in [3.63, 3.8) is 0 Å². The van der Waals surface area contributed by atoms with Gasteiger partial charge in [-0.15, -0.1) is 11.3 Å². The first kappa shape index (κ1) is 24.0. The van der Waals surface area contributed by atoms with Gasteiger partial charge in [0.25, 0.3) is 0 Å². The lowest BCUT2D eigenvalue weighted by Gasteiger charge is -2.38. The fourth-order valence-corrected chi connectivity index (χ4v) is 5.56. The number of nitrogens with one attached hydrogen (secondary N) is 2. The van der Waals surface area contributed by atoms with E-state index < -0.39 is 0 Å². The molecule has 0 saturated carbocycles. The number of thiophene rings is 1. The number of anilines is 2. The highest BCUT2D eigenvalue weighted by atomic mass is 32.1. The first-order chi connectivity index (χ1) is 18.3. The molecule has 0 unspecified atom stereocenters. The highest BCUT2D eigenvalue weighted by Gasteiger charge is 2.25. The number of hydrogen-bond donors (Lipinski definition) is 4. The Hall–Kier alpha value is -4.41. The molecule has 0 atom stereocenters. The highest BCUT2D eigenvalue weighted by molar-refractivity contribution is 7.17. The van der Waals surface area contributed by atoms with E-state index in [2.05, 4.69) is 19.9 Å². The molecule has 6 rings (SSSR count). The van der Waals surface area contributed by atoms with Gasteiger partial charge in [-0.2, -0.15) is 0 Å². The minimum absolute atomic E-state index is 0.0256. The molecule has 38 heavy (non-hydrogen) atoms. The summed E-state index contributed by atoms with van der Waals surface area (Å²) < 4.78 is 0. The number of fused-ring (bicyclic) bond motifs is 1. The van der Waals surface area contributed by atoms with Crippen LogP contribution in [0.1, 0.15) is 33.4 Å². The van der Waals surface area contributed by atoms with Gasteiger partial charge in [0.2, 0.25) is 0 Å². The van der Waals surface area contributed by atoms with Gasteiger partial charge in [-0.3, -0.25) is 20.2 Å². The zero-order chi connectivity index (χ0) is 26.6. The molecule has 1 saturated heterocycles. The van der Waals surface area contributed by atoms with Gasteiger partial charge < -0.3 is 21.4 Å². The van der Waals surface area contributed by atoms with Crippen molar-refractivity contribution in [2.45, 2.75) is 19.9 Å². The van der Waals surface area contributed by atoms with Gasteiger partial charge in [0, 0.05) is 41.8 Å². The van der Waals surface area contributed by atoms with Crippen LogP contribution in [0.2, 0.25) is 0 Å². The Bertz CT molecular complexity index is 1730. The fraction of sp³-hybridized carbons (Fsp3) is 0.179. The minimum Gasteiger partial charge on any atom is -0.397 e. The van der Waals surface area contributed by atoms with Crippen LogP contribution in [0, 0.1) is 12.3 Å². The summed E-state index contributed by atoms with van der Waals surface area (Å²) in [6.07, 6.45) is 3.30. The van der Waals surface area contributed by atoms with E-state index in [0.717, 1.165) is 51.6 Å². The Morgan fingerprint density at radius 2 is 1.95 bits per heavy atom. The predicted octanol–water partition coefficient (Wildman–Crippen LogP) is 4.41. The van der Waals surface area contributed by atoms with E-state index >= 15 is 0 Å². The van der Waals surface area contributed by atoms with E-state index in [0.29, 0.717) is 27.5 Å². The van der Waals surface area contributed by atoms with Crippen molar-refractivity contribution < 1.29 is 4.79 Å². The maximum absolute atomic E-state index is 11.8. The van der Waals surface area contributed by atoms with Gasteiger partial charge in [0.1, 0.15) is 5.82 Å². The van der Waals surface area contributed by atoms with Crippen LogP contribution in [0.3, 0.4) is 0 Å². The summed E-state index contributed by atoms with van der Waals surface area (Å²) in [6.45, 7) is 5.14. The maximum Gasteiger partial charge on any atom is 0.169 e. The molecule has 0 spiro atoms. The number of aryl methyl sites for hydroxylation is 1. The van der Waals surface area contributed by atoms with Crippen molar-refractivity contribution in [1.82, 2.24) is 19.9 Å². The summed E-state index contributed by atoms with van der Waals surface area (Å²) in [5.74, 6) is 0.895. The number of aromatic amines is 1. The molecule has 0 bridgehead atoms. The molecule has 5 aromatic heterocycles. The van der Waals surface area contributed by atoms with Crippen LogP contribution < -0.4 is 16.4 Å². The van der Waals surface area contributed by atoms with Crippen LogP contribution in [0.4, 0.5) is 11.5 Å². The van der Waals surface area contributed by atoms with Gasteiger partial charge in [0.15, 0.2) is 5.78 Å². The van der Waals surface area contributed by atoms with Gasteiger partial charge in [-0.1, -0.05) is 0 Å². The Kier molecular flexibility index (Phi) is 5.77. The van der Waals surface area contributed by atoms with Gasteiger partial charge in [-0.25, -0.2) is 4.98 Å². The average Bonchev–Trinajstić information content (AvgIpc) is 3.54. The van der Waals surface area contributed by atoms with Gasteiger partial charge in [-0.05, 0) is 61.9 Å². The lowest BCUT2D eigenvalue weighted by Crippen LogP contribution is -2.56. The number of pyridine rings is 3. The number of nitrogens with two attached hydrogens (primary N) is 2. The summed E-state index contributed by atoms with van der Waals surface area (Å²) in [6, 6.07) is 13.5. The van der Waals surface area contributed by atoms with Crippen LogP contribution in [0.5, 0.6) is 0 Å². The zero-order valence-corrected chi connectivity index (χ0v) is 21.8. The van der Waals surface area contributed by atoms with Crippen LogP contribution in [-0.2, 0) is 0 Å². The topological polar surface area (TPSA) is 151 Å². The van der Waals surface area contributed by atoms with E-state index in [1.165, 1.54) is 11.3 Å². The smallest absolute Gasteiger partial charge is 0.169 e. The number of nitrogens with zero attached hydrogens (tertiary/aromatic N) is 4. The van der Waals surface area contributed by atoms with Crippen LogP contribution >= 0.6 is 11.3 Å². The molecule has 0 aliphatic carbocycles. The first-order valence-electron chi connectivity index (χ1n) is 12.2. The van der Waals surface area contributed by atoms with Crippen molar-refractivity contribution >= 4 is 45.2 Å². The first-order valence-corrected chi connectivity index (χ1v) is 13.0. The Balaban J connectivity index is 1.37. The standard InChI is InChI=1S/C28H26N8OS/c1-14-7-22(35-26(8-14)36-12-16(29)13-36)21-9-17(19(30)11-33-21)27(31)23-10-18-20(34-23)5-6-32-28(18)25-4-3-24(38-25)15(2)37/h3-11,16,31,34H,12-13,29-30H2,1-2H3. The Labute approximate surface area is 223 Å². The van der Waals surface area contributed by atoms with Gasteiger partial charge in [0.05, 0.1) is 50.1 Å². The van der Waals surface area contributed by atoms with Crippen molar-refractivity contribution in [3.8, 4) is 22.0 Å². The second-order valence-corrected chi connectivity index (χ2v) is 10.7. The highest BCUT2D eigenvalue weighted by Crippen LogP contribution is 2.33. The SMILES string of the molecule is CC(=O)c1ccc(-c2nccc3[nH]c(C(=N)c4cc(-c5cc(C)cc(N6CC(N)C6)n5)ncc4N)cc23)s1. The molecule has 1 aliphatic rings. The van der Waals surface area contributed by atoms with Gasteiger partial charge >= 0.3 is 0 Å². The number of carbonyl (C=O) groups is 1. The molecular formula is C28H26N8OS. The monoisotopic (exact) mass is 522 g/mol. The molecule has 10 heteroatoms. The number of nitrogen functional groups attached to an aromatic ring is 1. The van der Waals surface area contributed by atoms with Crippen molar-refractivity contribution in [2.24, 2.45) is 5.73 Å². The normalized spacial score (nSPS) is 13.6. The number of ketones is 1. The lowest BCUT2D eigenvalue weighted by atomic mass is 10.0. The Morgan fingerprint density at radius 1 is 1.13 bits per heavy atom. The molecule has 6 heterocycles. The van der Waals surface area contributed by atoms with Crippen LogP contribution in [0.25, 0.3) is 32.9 Å².